The third-order valence-electron chi connectivity index (χ3n) is 1.53. The average molecular weight is 172 g/mol. The van der Waals surface area contributed by atoms with Crippen LogP contribution in [0.1, 0.15) is 13.3 Å². The van der Waals surface area contributed by atoms with Crippen LogP contribution < -0.4 is 0 Å². The first-order valence-corrected chi connectivity index (χ1v) is 4.82. The highest BCUT2D eigenvalue weighted by molar-refractivity contribution is 8.02. The fourth-order valence-electron chi connectivity index (χ4n) is 0.952. The van der Waals surface area contributed by atoms with Gasteiger partial charge in [-0.15, -0.1) is 11.8 Å². The second kappa shape index (κ2) is 4.44. The molecule has 0 spiro atoms. The zero-order chi connectivity index (χ0) is 8.10. The van der Waals surface area contributed by atoms with Gasteiger partial charge < -0.3 is 4.74 Å². The summed E-state index contributed by atoms with van der Waals surface area (Å²) in [5, 5.41) is 2.04. The molecule has 0 bridgehead atoms. The van der Waals surface area contributed by atoms with E-state index in [1.54, 1.807) is 11.8 Å². The lowest BCUT2D eigenvalue weighted by Gasteiger charge is -2.14. The Labute approximate surface area is 71.0 Å². The predicted molar refractivity (Wildman–Crippen MR) is 46.3 cm³/mol. The van der Waals surface area contributed by atoms with E-state index in [0.29, 0.717) is 6.61 Å². The normalized spacial score (nSPS) is 23.2. The highest BCUT2D eigenvalue weighted by Crippen LogP contribution is 2.21. The molecule has 62 valence electrons. The molecular formula is C8H12O2S. The Morgan fingerprint density at radius 2 is 2.64 bits per heavy atom. The molecule has 1 heterocycles. The number of allylic oxidation sites excluding steroid dienone is 1. The summed E-state index contributed by atoms with van der Waals surface area (Å²) in [4.78, 5) is 11.1. The largest absolute Gasteiger partial charge is 0.466 e. The molecule has 0 radical (unpaired) electrons. The number of thioether (sulfide) groups is 1. The van der Waals surface area contributed by atoms with E-state index >= 15 is 0 Å². The van der Waals surface area contributed by atoms with Gasteiger partial charge in [0, 0.05) is 5.75 Å². The molecule has 0 amide bonds. The molecule has 0 aliphatic carbocycles. The first-order valence-electron chi connectivity index (χ1n) is 3.78. The maximum absolute atomic E-state index is 11.1. The van der Waals surface area contributed by atoms with Gasteiger partial charge in [0.25, 0.3) is 0 Å². The minimum absolute atomic E-state index is 0.0515. The summed E-state index contributed by atoms with van der Waals surface area (Å²) in [6.07, 6.45) is 2.86. The number of hydrogen-bond acceptors (Lipinski definition) is 3. The Balaban J connectivity index is 2.34. The van der Waals surface area contributed by atoms with Gasteiger partial charge in [-0.25, -0.2) is 0 Å². The zero-order valence-electron chi connectivity index (χ0n) is 6.58. The van der Waals surface area contributed by atoms with Crippen molar-refractivity contribution in [2.75, 3.05) is 12.4 Å². The number of ether oxygens (including phenoxy) is 1. The van der Waals surface area contributed by atoms with Gasteiger partial charge in [-0.1, -0.05) is 6.08 Å². The van der Waals surface area contributed by atoms with Crippen LogP contribution in [0.2, 0.25) is 0 Å². The predicted octanol–water partition coefficient (Wildman–Crippen LogP) is 1.82. The van der Waals surface area contributed by atoms with Crippen molar-refractivity contribution in [3.05, 3.63) is 11.5 Å². The third-order valence-corrected chi connectivity index (χ3v) is 2.51. The van der Waals surface area contributed by atoms with Crippen LogP contribution in [0.3, 0.4) is 0 Å². The van der Waals surface area contributed by atoms with E-state index in [9.17, 15) is 4.79 Å². The SMILES string of the molecule is CCOC(=O)C1CC=CSC1. The maximum atomic E-state index is 11.1. The van der Waals surface area contributed by atoms with E-state index in [-0.39, 0.29) is 11.9 Å². The van der Waals surface area contributed by atoms with Crippen LogP contribution in [0.5, 0.6) is 0 Å². The summed E-state index contributed by atoms with van der Waals surface area (Å²) in [6, 6.07) is 0. The van der Waals surface area contributed by atoms with Crippen molar-refractivity contribution in [3.63, 3.8) is 0 Å². The van der Waals surface area contributed by atoms with E-state index in [1.165, 1.54) is 0 Å². The highest BCUT2D eigenvalue weighted by atomic mass is 32.2. The lowest BCUT2D eigenvalue weighted by molar-refractivity contribution is -0.147. The molecule has 1 rings (SSSR count). The van der Waals surface area contributed by atoms with Crippen LogP contribution in [0.25, 0.3) is 0 Å². The molecule has 1 aliphatic heterocycles. The van der Waals surface area contributed by atoms with Gasteiger partial charge in [0.1, 0.15) is 0 Å². The maximum Gasteiger partial charge on any atom is 0.310 e. The van der Waals surface area contributed by atoms with Gasteiger partial charge in [-0.2, -0.15) is 0 Å². The van der Waals surface area contributed by atoms with Gasteiger partial charge in [-0.05, 0) is 18.8 Å². The molecule has 2 nitrogen and oxygen atoms in total. The van der Waals surface area contributed by atoms with Gasteiger partial charge in [0.05, 0.1) is 12.5 Å². The number of carbonyl (C=O) groups excluding carboxylic acids is 1. The van der Waals surface area contributed by atoms with Crippen molar-refractivity contribution in [3.8, 4) is 0 Å². The molecule has 0 saturated carbocycles. The van der Waals surface area contributed by atoms with E-state index < -0.39 is 0 Å². The van der Waals surface area contributed by atoms with Crippen molar-refractivity contribution in [1.82, 2.24) is 0 Å². The van der Waals surface area contributed by atoms with E-state index in [1.807, 2.05) is 18.4 Å². The molecule has 0 aromatic rings. The molecule has 0 aromatic heterocycles. The lowest BCUT2D eigenvalue weighted by atomic mass is 10.1. The van der Waals surface area contributed by atoms with Crippen LogP contribution >= 0.6 is 11.8 Å². The molecule has 0 aromatic carbocycles. The highest BCUT2D eigenvalue weighted by Gasteiger charge is 2.19. The fourth-order valence-corrected chi connectivity index (χ4v) is 1.81. The second-order valence-electron chi connectivity index (χ2n) is 2.39. The van der Waals surface area contributed by atoms with E-state index in [2.05, 4.69) is 0 Å². The van der Waals surface area contributed by atoms with Gasteiger partial charge >= 0.3 is 5.97 Å². The molecule has 1 aliphatic rings. The molecule has 0 fully saturated rings. The molecule has 1 atom stereocenters. The number of carbonyl (C=O) groups is 1. The summed E-state index contributed by atoms with van der Waals surface area (Å²) in [5.41, 5.74) is 0. The van der Waals surface area contributed by atoms with Crippen LogP contribution in [-0.4, -0.2) is 18.3 Å². The Hall–Kier alpha value is -0.440. The molecular weight excluding hydrogens is 160 g/mol. The summed E-state index contributed by atoms with van der Waals surface area (Å²) in [5.74, 6) is 0.907. The van der Waals surface area contributed by atoms with Crippen LogP contribution in [0.15, 0.2) is 11.5 Å². The van der Waals surface area contributed by atoms with Crippen molar-refractivity contribution < 1.29 is 9.53 Å². The Bertz CT molecular complexity index is 165. The van der Waals surface area contributed by atoms with Crippen LogP contribution in [0.4, 0.5) is 0 Å². The number of rotatable bonds is 2. The van der Waals surface area contributed by atoms with Gasteiger partial charge in [-0.3, -0.25) is 4.79 Å². The van der Waals surface area contributed by atoms with Gasteiger partial charge in [0.15, 0.2) is 0 Å². The summed E-state index contributed by atoms with van der Waals surface area (Å²) >= 11 is 1.68. The smallest absolute Gasteiger partial charge is 0.310 e. The van der Waals surface area contributed by atoms with Crippen molar-refractivity contribution in [2.45, 2.75) is 13.3 Å². The van der Waals surface area contributed by atoms with E-state index in [4.69, 9.17) is 4.74 Å². The first-order chi connectivity index (χ1) is 5.34. The van der Waals surface area contributed by atoms with Crippen molar-refractivity contribution in [2.24, 2.45) is 5.92 Å². The summed E-state index contributed by atoms with van der Waals surface area (Å²) in [6.45, 7) is 2.33. The standard InChI is InChI=1S/C8H12O2S/c1-2-10-8(9)7-4-3-5-11-6-7/h3,5,7H,2,4,6H2,1H3. The zero-order valence-corrected chi connectivity index (χ0v) is 7.39. The Kier molecular flexibility index (Phi) is 3.49. The summed E-state index contributed by atoms with van der Waals surface area (Å²) < 4.78 is 4.90. The Morgan fingerprint density at radius 3 is 3.18 bits per heavy atom. The average Bonchev–Trinajstić information content (AvgIpc) is 2.07. The topological polar surface area (TPSA) is 26.3 Å². The molecule has 0 saturated heterocycles. The van der Waals surface area contributed by atoms with Gasteiger partial charge in [0.2, 0.25) is 0 Å². The summed E-state index contributed by atoms with van der Waals surface area (Å²) in [7, 11) is 0. The Morgan fingerprint density at radius 1 is 1.82 bits per heavy atom. The third kappa shape index (κ3) is 2.58. The number of hydrogen-bond donors (Lipinski definition) is 0. The second-order valence-corrected chi connectivity index (χ2v) is 3.33. The monoisotopic (exact) mass is 172 g/mol. The van der Waals surface area contributed by atoms with Crippen LogP contribution in [-0.2, 0) is 9.53 Å². The molecule has 0 N–H and O–H groups in total. The van der Waals surface area contributed by atoms with E-state index in [0.717, 1.165) is 12.2 Å². The molecule has 11 heavy (non-hydrogen) atoms. The fraction of sp³-hybridized carbons (Fsp3) is 0.625. The number of esters is 1. The first kappa shape index (κ1) is 8.65. The van der Waals surface area contributed by atoms with Crippen LogP contribution in [0, 0.1) is 5.92 Å². The molecule has 1 unspecified atom stereocenters. The lowest BCUT2D eigenvalue weighted by Crippen LogP contribution is -2.20. The molecule has 3 heteroatoms. The van der Waals surface area contributed by atoms with Crippen molar-refractivity contribution >= 4 is 17.7 Å². The minimum Gasteiger partial charge on any atom is -0.466 e. The minimum atomic E-state index is -0.0515. The van der Waals surface area contributed by atoms with Crippen molar-refractivity contribution in [1.29, 1.82) is 0 Å². The quantitative estimate of drug-likeness (QED) is 0.594.